The van der Waals surface area contributed by atoms with E-state index in [1.165, 1.54) is 47.0 Å². The molecule has 2 saturated carbocycles. The molecule has 1 aromatic carbocycles. The van der Waals surface area contributed by atoms with Crippen LogP contribution in [0, 0.1) is 19.3 Å². The van der Waals surface area contributed by atoms with E-state index in [4.69, 9.17) is 4.74 Å². The van der Waals surface area contributed by atoms with Crippen LogP contribution in [0.15, 0.2) is 16.6 Å². The van der Waals surface area contributed by atoms with Gasteiger partial charge < -0.3 is 10.1 Å². The zero-order chi connectivity index (χ0) is 15.0. The van der Waals surface area contributed by atoms with E-state index in [9.17, 15) is 0 Å². The highest BCUT2D eigenvalue weighted by Crippen LogP contribution is 2.55. The first-order valence-electron chi connectivity index (χ1n) is 8.21. The fourth-order valence-electron chi connectivity index (χ4n) is 4.40. The number of hydrogen-bond acceptors (Lipinski definition) is 2. The third-order valence-corrected chi connectivity index (χ3v) is 5.96. The van der Waals surface area contributed by atoms with E-state index in [1.54, 1.807) is 0 Å². The molecular weight excluding hydrogens is 326 g/mol. The summed E-state index contributed by atoms with van der Waals surface area (Å²) in [6, 6.07) is 4.99. The number of nitrogens with one attached hydrogen (secondary N) is 1. The summed E-state index contributed by atoms with van der Waals surface area (Å²) in [7, 11) is 0. The van der Waals surface area contributed by atoms with Gasteiger partial charge in [-0.3, -0.25) is 0 Å². The molecule has 2 aliphatic rings. The van der Waals surface area contributed by atoms with Gasteiger partial charge in [0, 0.05) is 28.2 Å². The zero-order valence-corrected chi connectivity index (χ0v) is 14.9. The van der Waals surface area contributed by atoms with Crippen molar-refractivity contribution < 1.29 is 4.74 Å². The molecule has 2 atom stereocenters. The van der Waals surface area contributed by atoms with Gasteiger partial charge in [0.15, 0.2) is 0 Å². The van der Waals surface area contributed by atoms with E-state index in [0.29, 0.717) is 17.6 Å². The van der Waals surface area contributed by atoms with Crippen molar-refractivity contribution in [3.05, 3.63) is 27.7 Å². The van der Waals surface area contributed by atoms with Gasteiger partial charge in [0.25, 0.3) is 0 Å². The van der Waals surface area contributed by atoms with Crippen molar-refractivity contribution >= 4 is 21.6 Å². The van der Waals surface area contributed by atoms with Gasteiger partial charge in [-0.25, -0.2) is 0 Å². The van der Waals surface area contributed by atoms with E-state index in [1.807, 2.05) is 0 Å². The third-order valence-electron chi connectivity index (χ3n) is 5.50. The first kappa shape index (κ1) is 15.4. The second kappa shape index (κ2) is 5.92. The lowest BCUT2D eigenvalue weighted by atomic mass is 9.60. The number of aryl methyl sites for hydroxylation is 2. The first-order valence-corrected chi connectivity index (χ1v) is 9.01. The highest BCUT2D eigenvalue weighted by atomic mass is 79.9. The molecule has 1 spiro atoms. The summed E-state index contributed by atoms with van der Waals surface area (Å²) >= 11 is 3.59. The van der Waals surface area contributed by atoms with Crippen molar-refractivity contribution in [3.8, 4) is 0 Å². The van der Waals surface area contributed by atoms with Crippen LogP contribution in [0.4, 0.5) is 5.69 Å². The summed E-state index contributed by atoms with van der Waals surface area (Å²) in [6.45, 7) is 7.35. The van der Waals surface area contributed by atoms with E-state index in [0.717, 1.165) is 13.0 Å². The van der Waals surface area contributed by atoms with Crippen molar-refractivity contribution in [1.29, 1.82) is 0 Å². The Labute approximate surface area is 136 Å². The minimum absolute atomic E-state index is 0.391. The van der Waals surface area contributed by atoms with Crippen LogP contribution >= 0.6 is 15.9 Å². The number of hydrogen-bond donors (Lipinski definition) is 1. The maximum atomic E-state index is 6.02. The highest BCUT2D eigenvalue weighted by molar-refractivity contribution is 9.10. The largest absolute Gasteiger partial charge is 0.381 e. The summed E-state index contributed by atoms with van der Waals surface area (Å²) in [4.78, 5) is 0. The third kappa shape index (κ3) is 2.63. The van der Waals surface area contributed by atoms with Crippen LogP contribution in [-0.4, -0.2) is 18.8 Å². The molecule has 0 saturated heterocycles. The quantitative estimate of drug-likeness (QED) is 0.803. The van der Waals surface area contributed by atoms with Crippen LogP contribution in [0.5, 0.6) is 0 Å². The topological polar surface area (TPSA) is 21.3 Å². The molecule has 1 aromatic rings. The van der Waals surface area contributed by atoms with Gasteiger partial charge in [-0.1, -0.05) is 28.8 Å². The molecule has 2 aliphatic carbocycles. The second-order valence-electron chi connectivity index (χ2n) is 6.73. The number of halogens is 1. The predicted molar refractivity (Wildman–Crippen MR) is 92.0 cm³/mol. The number of ether oxygens (including phenoxy) is 1. The summed E-state index contributed by atoms with van der Waals surface area (Å²) in [5.74, 6) is 0. The second-order valence-corrected chi connectivity index (χ2v) is 7.65. The Morgan fingerprint density at radius 1 is 1.24 bits per heavy atom. The summed E-state index contributed by atoms with van der Waals surface area (Å²) in [6.07, 6.45) is 7.00. The van der Waals surface area contributed by atoms with Gasteiger partial charge in [-0.15, -0.1) is 0 Å². The van der Waals surface area contributed by atoms with Crippen LogP contribution in [0.3, 0.4) is 0 Å². The summed E-state index contributed by atoms with van der Waals surface area (Å²) < 4.78 is 7.18. The Balaban J connectivity index is 1.80. The van der Waals surface area contributed by atoms with Crippen molar-refractivity contribution in [2.45, 2.75) is 65.0 Å². The monoisotopic (exact) mass is 351 g/mol. The molecule has 2 fully saturated rings. The van der Waals surface area contributed by atoms with Crippen molar-refractivity contribution in [2.24, 2.45) is 5.41 Å². The molecule has 3 rings (SSSR count). The average molecular weight is 352 g/mol. The van der Waals surface area contributed by atoms with Gasteiger partial charge in [0.2, 0.25) is 0 Å². The molecule has 0 aromatic heterocycles. The standard InChI is InChI=1S/C18H26BrNO/c1-4-21-16-11-15(18(16)7-5-6-8-18)20-17-12(2)9-14(19)10-13(17)3/h9-10,15-16,20H,4-8,11H2,1-3H3. The molecule has 2 nitrogen and oxygen atoms in total. The summed E-state index contributed by atoms with van der Waals surface area (Å²) in [5.41, 5.74) is 4.37. The number of anilines is 1. The van der Waals surface area contributed by atoms with Crippen LogP contribution in [0.25, 0.3) is 0 Å². The van der Waals surface area contributed by atoms with Crippen LogP contribution in [-0.2, 0) is 4.74 Å². The molecule has 0 bridgehead atoms. The number of benzene rings is 1. The Kier molecular flexibility index (Phi) is 4.33. The smallest absolute Gasteiger partial charge is 0.0670 e. The first-order chi connectivity index (χ1) is 10.1. The molecule has 0 amide bonds. The Hall–Kier alpha value is -0.540. The van der Waals surface area contributed by atoms with Gasteiger partial charge in [-0.2, -0.15) is 0 Å². The molecular formula is C18H26BrNO. The Morgan fingerprint density at radius 3 is 2.43 bits per heavy atom. The van der Waals surface area contributed by atoms with E-state index < -0.39 is 0 Å². The molecule has 1 N–H and O–H groups in total. The van der Waals surface area contributed by atoms with Crippen molar-refractivity contribution in [2.75, 3.05) is 11.9 Å². The van der Waals surface area contributed by atoms with Crippen molar-refractivity contribution in [1.82, 2.24) is 0 Å². The van der Waals surface area contributed by atoms with Crippen LogP contribution in [0.2, 0.25) is 0 Å². The Bertz CT molecular complexity index is 499. The van der Waals surface area contributed by atoms with Gasteiger partial charge in [0.05, 0.1) is 6.10 Å². The normalized spacial score (nSPS) is 26.9. The number of rotatable bonds is 4. The van der Waals surface area contributed by atoms with Gasteiger partial charge >= 0.3 is 0 Å². The maximum absolute atomic E-state index is 6.02. The highest BCUT2D eigenvalue weighted by Gasteiger charge is 2.56. The van der Waals surface area contributed by atoms with Crippen LogP contribution in [0.1, 0.15) is 50.2 Å². The SMILES string of the molecule is CCOC1CC(Nc2c(C)cc(Br)cc2C)C12CCCC2. The van der Waals surface area contributed by atoms with Gasteiger partial charge in [0.1, 0.15) is 0 Å². The molecule has 116 valence electrons. The van der Waals surface area contributed by atoms with Crippen LogP contribution < -0.4 is 5.32 Å². The fraction of sp³-hybridized carbons (Fsp3) is 0.667. The van der Waals surface area contributed by atoms with Gasteiger partial charge in [-0.05, 0) is 63.3 Å². The van der Waals surface area contributed by atoms with E-state index in [2.05, 4.69) is 54.2 Å². The minimum Gasteiger partial charge on any atom is -0.381 e. The predicted octanol–water partition coefficient (Wildman–Crippen LogP) is 5.22. The molecule has 0 heterocycles. The molecule has 2 unspecified atom stereocenters. The lowest BCUT2D eigenvalue weighted by Crippen LogP contribution is -2.60. The zero-order valence-electron chi connectivity index (χ0n) is 13.3. The fourth-order valence-corrected chi connectivity index (χ4v) is 5.09. The Morgan fingerprint density at radius 2 is 1.86 bits per heavy atom. The molecule has 21 heavy (non-hydrogen) atoms. The van der Waals surface area contributed by atoms with E-state index in [-0.39, 0.29) is 0 Å². The lowest BCUT2D eigenvalue weighted by Gasteiger charge is -2.54. The summed E-state index contributed by atoms with van der Waals surface area (Å²) in [5, 5.41) is 3.86. The maximum Gasteiger partial charge on any atom is 0.0670 e. The lowest BCUT2D eigenvalue weighted by molar-refractivity contribution is -0.114. The average Bonchev–Trinajstić information content (AvgIpc) is 2.92. The van der Waals surface area contributed by atoms with E-state index >= 15 is 0 Å². The molecule has 0 aliphatic heterocycles. The minimum atomic E-state index is 0.391. The molecule has 0 radical (unpaired) electrons. The van der Waals surface area contributed by atoms with Crippen molar-refractivity contribution in [3.63, 3.8) is 0 Å². The molecule has 3 heteroatoms.